The minimum Gasteiger partial charge on any atom is -0.489 e. The summed E-state index contributed by atoms with van der Waals surface area (Å²) in [6, 6.07) is 50.2. The Balaban J connectivity index is 0.000000156. The summed E-state index contributed by atoms with van der Waals surface area (Å²) in [5, 5.41) is 34.3. The van der Waals surface area contributed by atoms with Gasteiger partial charge in [-0.05, 0) is 175 Å². The van der Waals surface area contributed by atoms with Gasteiger partial charge in [-0.2, -0.15) is 0 Å². The predicted molar refractivity (Wildman–Crippen MR) is 387 cm³/mol. The summed E-state index contributed by atoms with van der Waals surface area (Å²) >= 11 is 12.6. The number of aliphatic hydroxyl groups excluding tert-OH is 3. The van der Waals surface area contributed by atoms with E-state index in [2.05, 4.69) is 148 Å². The normalized spacial score (nSPS) is 24.2. The first-order valence-corrected chi connectivity index (χ1v) is 36.2. The zero-order valence-corrected chi connectivity index (χ0v) is 59.3. The van der Waals surface area contributed by atoms with Gasteiger partial charge in [0.05, 0.1) is 18.3 Å². The van der Waals surface area contributed by atoms with Crippen molar-refractivity contribution in [2.45, 2.75) is 166 Å². The molecule has 12 rings (SSSR count). The molecule has 16 heteroatoms. The Morgan fingerprint density at radius 3 is 1.34 bits per heavy atom. The number of nitrogens with zero attached hydrogens (tertiary/aromatic N) is 8. The molecule has 6 fully saturated rings. The standard InChI is InChI=1S/C29H43N3O2.C26H36ClN3O2.C24H31ClN2O2/c1-29(2,3)25-10-11-28(34-22-23-8-6-5-7-9-23)24(20-25)21-31-14-12-26(27(33)13-15-31)32-18-16-30(4)17-19-32;1-28-12-5-13-30(17-16-28)24-10-14-29(15-11-25(24)31)19-22-18-23(27)8-9-26(22)32-20-21-6-3-2-4-7-21;1-26(21-10-11-22(24(21)28)27-13-5-6-14-27)16-19-15-20(25)9-12-23(19)29-17-18-7-3-2-4-8-18/h5-11,20,26-27,33H,12-19,21-22H2,1-4H3;2-4,6-9,18,24-25,31H,5,10-17,19-20H2,1H3;2-4,7-9,12,15,21-22,24,28H,5-6,10-11,13-14,16-17H2,1H3/t26-,27-;24-,25-;21?,22-,24-/m001/s1. The van der Waals surface area contributed by atoms with Crippen molar-refractivity contribution in [1.29, 1.82) is 0 Å². The van der Waals surface area contributed by atoms with E-state index in [1.807, 2.05) is 78.9 Å². The van der Waals surface area contributed by atoms with E-state index in [1.165, 1.54) is 36.0 Å². The van der Waals surface area contributed by atoms with Crippen LogP contribution in [0.1, 0.15) is 118 Å². The number of likely N-dealkylation sites (N-methyl/N-ethyl adjacent to an activating group) is 3. The fourth-order valence-corrected chi connectivity index (χ4v) is 15.3. The van der Waals surface area contributed by atoms with E-state index in [4.69, 9.17) is 37.4 Å². The van der Waals surface area contributed by atoms with E-state index < -0.39 is 0 Å². The van der Waals surface area contributed by atoms with Crippen LogP contribution in [0.2, 0.25) is 10.0 Å². The summed E-state index contributed by atoms with van der Waals surface area (Å²) < 4.78 is 18.6. The average Bonchev–Trinajstić information content (AvgIpc) is 1.74. The third-order valence-electron chi connectivity index (χ3n) is 20.7. The molecule has 0 amide bonds. The molecule has 516 valence electrons. The lowest BCUT2D eigenvalue weighted by atomic mass is 9.86. The third kappa shape index (κ3) is 21.7. The second-order valence-corrected chi connectivity index (χ2v) is 29.6. The molecule has 1 aliphatic carbocycles. The molecule has 6 aromatic carbocycles. The average molecular weight is 1340 g/mol. The van der Waals surface area contributed by atoms with Gasteiger partial charge in [0, 0.05) is 136 Å². The van der Waals surface area contributed by atoms with Crippen LogP contribution < -0.4 is 14.2 Å². The molecule has 5 aliphatic heterocycles. The van der Waals surface area contributed by atoms with Crippen molar-refractivity contribution in [3.05, 3.63) is 195 Å². The predicted octanol–water partition coefficient (Wildman–Crippen LogP) is 12.4. The molecule has 5 heterocycles. The summed E-state index contributed by atoms with van der Waals surface area (Å²) in [4.78, 5) is 19.5. The number of hydrogen-bond acceptors (Lipinski definition) is 14. The number of rotatable bonds is 19. The lowest BCUT2D eigenvalue weighted by Crippen LogP contribution is -2.52. The number of hydrogen-bond donors (Lipinski definition) is 3. The Hall–Kier alpha value is -5.14. The van der Waals surface area contributed by atoms with Crippen LogP contribution in [0.25, 0.3) is 0 Å². The number of piperazine rings is 1. The molecule has 5 saturated heterocycles. The molecular formula is C79H110Cl2N8O6. The zero-order valence-electron chi connectivity index (χ0n) is 57.8. The Morgan fingerprint density at radius 1 is 0.432 bits per heavy atom. The first kappa shape index (κ1) is 72.6. The van der Waals surface area contributed by atoms with Crippen LogP contribution in [0.15, 0.2) is 146 Å². The first-order chi connectivity index (χ1) is 46.0. The monoisotopic (exact) mass is 1340 g/mol. The van der Waals surface area contributed by atoms with Crippen LogP contribution in [0.5, 0.6) is 17.2 Å². The molecule has 6 aliphatic rings. The van der Waals surface area contributed by atoms with E-state index in [1.54, 1.807) is 0 Å². The Bertz CT molecular complexity index is 3230. The first-order valence-electron chi connectivity index (χ1n) is 35.5. The molecule has 0 bridgehead atoms. The van der Waals surface area contributed by atoms with Crippen LogP contribution in [-0.2, 0) is 44.9 Å². The van der Waals surface area contributed by atoms with Crippen molar-refractivity contribution in [2.24, 2.45) is 0 Å². The molecule has 95 heavy (non-hydrogen) atoms. The maximum atomic E-state index is 11.0. The van der Waals surface area contributed by atoms with Crippen LogP contribution >= 0.6 is 23.2 Å². The van der Waals surface area contributed by atoms with Crippen LogP contribution in [0, 0.1) is 0 Å². The van der Waals surface area contributed by atoms with Crippen molar-refractivity contribution in [2.75, 3.05) is 113 Å². The van der Waals surface area contributed by atoms with Crippen molar-refractivity contribution in [3.63, 3.8) is 0 Å². The fraction of sp³-hybridized carbons (Fsp3) is 0.544. The van der Waals surface area contributed by atoms with Gasteiger partial charge in [-0.1, -0.05) is 147 Å². The highest BCUT2D eigenvalue weighted by atomic mass is 35.5. The van der Waals surface area contributed by atoms with Gasteiger partial charge in [0.2, 0.25) is 0 Å². The lowest BCUT2D eigenvalue weighted by Gasteiger charge is -2.39. The fourth-order valence-electron chi connectivity index (χ4n) is 14.9. The summed E-state index contributed by atoms with van der Waals surface area (Å²) in [7, 11) is 6.48. The number of ether oxygens (including phenoxy) is 3. The number of benzene rings is 6. The molecule has 0 radical (unpaired) electrons. The molecule has 0 aromatic heterocycles. The van der Waals surface area contributed by atoms with E-state index in [0.29, 0.717) is 37.4 Å². The molecule has 1 unspecified atom stereocenters. The minimum atomic E-state index is -0.300. The number of aliphatic hydroxyl groups is 3. The van der Waals surface area contributed by atoms with Crippen molar-refractivity contribution < 1.29 is 29.5 Å². The van der Waals surface area contributed by atoms with Crippen molar-refractivity contribution >= 4 is 23.2 Å². The molecule has 7 atom stereocenters. The maximum Gasteiger partial charge on any atom is 0.124 e. The minimum absolute atomic E-state index is 0.0915. The van der Waals surface area contributed by atoms with E-state index in [-0.39, 0.29) is 41.9 Å². The second kappa shape index (κ2) is 36.1. The highest BCUT2D eigenvalue weighted by Crippen LogP contribution is 2.35. The molecular weight excluding hydrogens is 1230 g/mol. The lowest BCUT2D eigenvalue weighted by molar-refractivity contribution is 0.0224. The van der Waals surface area contributed by atoms with Gasteiger partial charge in [0.25, 0.3) is 0 Å². The second-order valence-electron chi connectivity index (χ2n) is 28.8. The number of halogens is 2. The van der Waals surface area contributed by atoms with Crippen LogP contribution in [0.4, 0.5) is 0 Å². The topological polar surface area (TPSA) is 114 Å². The van der Waals surface area contributed by atoms with Crippen molar-refractivity contribution in [3.8, 4) is 17.2 Å². The van der Waals surface area contributed by atoms with Crippen molar-refractivity contribution in [1.82, 2.24) is 39.2 Å². The van der Waals surface area contributed by atoms with E-state index >= 15 is 0 Å². The maximum absolute atomic E-state index is 11.0. The SMILES string of the molecule is CN(Cc1cc(Cl)ccc1OCc1ccccc1)C1CC[C@@H](N2CCCC2)[C@@H]1O.CN1CCCN([C@H]2CCN(Cc3cc(Cl)ccc3OCc3ccccc3)CC[C@@H]2O)CC1.CN1CCN([C@H]2CCN(Cc3cc(C(C)(C)C)ccc3OCc3ccccc3)CC[C@@H]2O)CC1. The Labute approximate surface area is 579 Å². The molecule has 14 nitrogen and oxygen atoms in total. The smallest absolute Gasteiger partial charge is 0.124 e. The van der Waals surface area contributed by atoms with Gasteiger partial charge in [0.1, 0.15) is 37.1 Å². The third-order valence-corrected chi connectivity index (χ3v) is 21.2. The highest BCUT2D eigenvalue weighted by molar-refractivity contribution is 6.31. The number of likely N-dealkylation sites (tertiary alicyclic amines) is 3. The Kier molecular flexibility index (Phi) is 27.6. The zero-order chi connectivity index (χ0) is 66.7. The molecule has 1 saturated carbocycles. The van der Waals surface area contributed by atoms with Gasteiger partial charge in [-0.3, -0.25) is 29.4 Å². The van der Waals surface area contributed by atoms with E-state index in [0.717, 1.165) is 188 Å². The van der Waals surface area contributed by atoms with Gasteiger partial charge in [-0.25, -0.2) is 0 Å². The highest BCUT2D eigenvalue weighted by Gasteiger charge is 2.41. The summed E-state index contributed by atoms with van der Waals surface area (Å²) in [5.41, 5.74) is 8.31. The quantitative estimate of drug-likeness (QED) is 0.0715. The van der Waals surface area contributed by atoms with Gasteiger partial charge >= 0.3 is 0 Å². The van der Waals surface area contributed by atoms with Gasteiger partial charge in [-0.15, -0.1) is 0 Å². The summed E-state index contributed by atoms with van der Waals surface area (Å²) in [5.74, 6) is 2.71. The Morgan fingerprint density at radius 2 is 0.842 bits per heavy atom. The molecule has 0 spiro atoms. The van der Waals surface area contributed by atoms with Crippen LogP contribution in [0.3, 0.4) is 0 Å². The largest absolute Gasteiger partial charge is 0.489 e. The molecule has 3 N–H and O–H groups in total. The summed E-state index contributed by atoms with van der Waals surface area (Å²) in [6.07, 6.45) is 8.62. The molecule has 6 aromatic rings. The van der Waals surface area contributed by atoms with E-state index in [9.17, 15) is 15.3 Å². The van der Waals surface area contributed by atoms with Crippen LogP contribution in [-0.4, -0.2) is 210 Å². The van der Waals surface area contributed by atoms with Gasteiger partial charge in [0.15, 0.2) is 0 Å². The summed E-state index contributed by atoms with van der Waals surface area (Å²) in [6.45, 7) is 25.5. The van der Waals surface area contributed by atoms with Gasteiger partial charge < -0.3 is 39.3 Å².